The zero-order valence-electron chi connectivity index (χ0n) is 11.2. The lowest BCUT2D eigenvalue weighted by atomic mass is 9.99. The average molecular weight is 326 g/mol. The van der Waals surface area contributed by atoms with Gasteiger partial charge >= 0.3 is 0 Å². The molecule has 0 spiro atoms. The summed E-state index contributed by atoms with van der Waals surface area (Å²) in [5.41, 5.74) is 8.56. The van der Waals surface area contributed by atoms with Crippen molar-refractivity contribution in [3.05, 3.63) is 34.1 Å². The van der Waals surface area contributed by atoms with Gasteiger partial charge in [-0.05, 0) is 40.4 Å². The predicted octanol–water partition coefficient (Wildman–Crippen LogP) is 3.77. The number of benzene rings is 1. The third kappa shape index (κ3) is 2.81. The van der Waals surface area contributed by atoms with Crippen molar-refractivity contribution >= 4 is 21.7 Å². The predicted molar refractivity (Wildman–Crippen MR) is 79.3 cm³/mol. The van der Waals surface area contributed by atoms with Gasteiger partial charge in [-0.15, -0.1) is 0 Å². The highest BCUT2D eigenvalue weighted by atomic mass is 79.9. The monoisotopic (exact) mass is 325 g/mol. The summed E-state index contributed by atoms with van der Waals surface area (Å²) in [6.45, 7) is 4.25. The molecule has 5 heteroatoms. The Morgan fingerprint density at radius 1 is 1.42 bits per heavy atom. The molecule has 102 valence electrons. The van der Waals surface area contributed by atoms with Gasteiger partial charge in [0.05, 0.1) is 10.2 Å². The van der Waals surface area contributed by atoms with Crippen molar-refractivity contribution in [1.82, 2.24) is 9.78 Å². The molecular formula is C14H17BrFN3. The van der Waals surface area contributed by atoms with Gasteiger partial charge in [0.2, 0.25) is 0 Å². The molecule has 1 aromatic carbocycles. The van der Waals surface area contributed by atoms with E-state index in [0.29, 0.717) is 16.2 Å². The lowest BCUT2D eigenvalue weighted by Gasteiger charge is -2.07. The van der Waals surface area contributed by atoms with Crippen LogP contribution >= 0.6 is 15.9 Å². The Hall–Kier alpha value is -1.36. The first kappa shape index (κ1) is 14.1. The van der Waals surface area contributed by atoms with Crippen LogP contribution in [0.25, 0.3) is 11.3 Å². The zero-order valence-corrected chi connectivity index (χ0v) is 12.8. The molecule has 2 aromatic rings. The number of nitrogens with two attached hydrogens (primary N) is 1. The molecule has 0 atom stereocenters. The van der Waals surface area contributed by atoms with Crippen molar-refractivity contribution in [1.29, 1.82) is 0 Å². The molecule has 0 saturated carbocycles. The van der Waals surface area contributed by atoms with Gasteiger partial charge in [0, 0.05) is 18.2 Å². The highest BCUT2D eigenvalue weighted by molar-refractivity contribution is 9.10. The maximum Gasteiger partial charge on any atom is 0.138 e. The Morgan fingerprint density at radius 3 is 2.68 bits per heavy atom. The first-order valence-corrected chi connectivity index (χ1v) is 6.96. The van der Waals surface area contributed by atoms with Gasteiger partial charge in [0.15, 0.2) is 0 Å². The van der Waals surface area contributed by atoms with Crippen molar-refractivity contribution < 1.29 is 4.39 Å². The van der Waals surface area contributed by atoms with E-state index in [1.165, 1.54) is 6.07 Å². The van der Waals surface area contributed by atoms with Gasteiger partial charge in [-0.25, -0.2) is 4.39 Å². The second kappa shape index (κ2) is 5.33. The minimum Gasteiger partial charge on any atom is -0.384 e. The molecular weight excluding hydrogens is 309 g/mol. The molecule has 0 aliphatic rings. The number of anilines is 1. The molecule has 0 saturated heterocycles. The number of rotatable bonds is 3. The summed E-state index contributed by atoms with van der Waals surface area (Å²) in [7, 11) is 1.80. The third-order valence-corrected chi connectivity index (χ3v) is 3.64. The van der Waals surface area contributed by atoms with Crippen LogP contribution in [0.3, 0.4) is 0 Å². The Kier molecular flexibility index (Phi) is 3.94. The van der Waals surface area contributed by atoms with Gasteiger partial charge in [0.25, 0.3) is 0 Å². The number of hydrogen-bond acceptors (Lipinski definition) is 2. The van der Waals surface area contributed by atoms with Crippen LogP contribution in [-0.4, -0.2) is 9.78 Å². The van der Waals surface area contributed by atoms with Gasteiger partial charge in [-0.2, -0.15) is 5.10 Å². The SMILES string of the molecule is CC(C)Cc1c(-c2ccc(Br)c(F)c2)nn(C)c1N. The van der Waals surface area contributed by atoms with E-state index in [0.717, 1.165) is 23.2 Å². The van der Waals surface area contributed by atoms with E-state index in [2.05, 4.69) is 34.9 Å². The number of nitrogen functional groups attached to an aromatic ring is 1. The Morgan fingerprint density at radius 2 is 2.11 bits per heavy atom. The van der Waals surface area contributed by atoms with Crippen LogP contribution in [0.4, 0.5) is 10.2 Å². The number of aromatic nitrogens is 2. The van der Waals surface area contributed by atoms with Crippen LogP contribution < -0.4 is 5.73 Å². The number of nitrogens with zero attached hydrogens (tertiary/aromatic N) is 2. The van der Waals surface area contributed by atoms with Crippen molar-refractivity contribution in [2.45, 2.75) is 20.3 Å². The standard InChI is InChI=1S/C14H17BrFN3/c1-8(2)6-10-13(18-19(3)14(10)17)9-4-5-11(15)12(16)7-9/h4-5,7-8H,6,17H2,1-3H3. The molecule has 2 N–H and O–H groups in total. The fourth-order valence-electron chi connectivity index (χ4n) is 2.07. The van der Waals surface area contributed by atoms with Crippen LogP contribution in [-0.2, 0) is 13.5 Å². The normalized spacial score (nSPS) is 11.3. The topological polar surface area (TPSA) is 43.8 Å². The molecule has 3 nitrogen and oxygen atoms in total. The van der Waals surface area contributed by atoms with Gasteiger partial charge in [0.1, 0.15) is 11.6 Å². The van der Waals surface area contributed by atoms with E-state index in [4.69, 9.17) is 5.73 Å². The summed E-state index contributed by atoms with van der Waals surface area (Å²) in [5.74, 6) is 0.815. The summed E-state index contributed by atoms with van der Waals surface area (Å²) in [5, 5.41) is 4.41. The van der Waals surface area contributed by atoms with Crippen LogP contribution in [0.1, 0.15) is 19.4 Å². The summed E-state index contributed by atoms with van der Waals surface area (Å²) in [6, 6.07) is 5.02. The van der Waals surface area contributed by atoms with Crippen molar-refractivity contribution in [2.75, 3.05) is 5.73 Å². The van der Waals surface area contributed by atoms with Gasteiger partial charge in [-0.1, -0.05) is 19.9 Å². The molecule has 0 aliphatic carbocycles. The van der Waals surface area contributed by atoms with Crippen molar-refractivity contribution in [3.63, 3.8) is 0 Å². The Bertz CT molecular complexity index is 605. The van der Waals surface area contributed by atoms with Gasteiger partial charge in [-0.3, -0.25) is 4.68 Å². The largest absolute Gasteiger partial charge is 0.384 e. The van der Waals surface area contributed by atoms with E-state index in [-0.39, 0.29) is 5.82 Å². The molecule has 0 radical (unpaired) electrons. The summed E-state index contributed by atoms with van der Waals surface area (Å²) in [6.07, 6.45) is 0.826. The first-order valence-electron chi connectivity index (χ1n) is 6.17. The first-order chi connectivity index (χ1) is 8.90. The molecule has 1 heterocycles. The average Bonchev–Trinajstić information content (AvgIpc) is 2.60. The summed E-state index contributed by atoms with van der Waals surface area (Å²) in [4.78, 5) is 0. The highest BCUT2D eigenvalue weighted by Gasteiger charge is 2.17. The number of halogens is 2. The maximum absolute atomic E-state index is 13.7. The maximum atomic E-state index is 13.7. The molecule has 0 aliphatic heterocycles. The minimum atomic E-state index is -0.294. The van der Waals surface area contributed by atoms with Crippen LogP contribution in [0.2, 0.25) is 0 Å². The molecule has 19 heavy (non-hydrogen) atoms. The lowest BCUT2D eigenvalue weighted by Crippen LogP contribution is -2.02. The fraction of sp³-hybridized carbons (Fsp3) is 0.357. The second-order valence-electron chi connectivity index (χ2n) is 5.06. The highest BCUT2D eigenvalue weighted by Crippen LogP contribution is 2.30. The zero-order chi connectivity index (χ0) is 14.2. The molecule has 0 fully saturated rings. The number of aryl methyl sites for hydroxylation is 1. The van der Waals surface area contributed by atoms with Crippen LogP contribution in [0, 0.1) is 11.7 Å². The van der Waals surface area contributed by atoms with E-state index in [9.17, 15) is 4.39 Å². The van der Waals surface area contributed by atoms with Crippen molar-refractivity contribution in [3.8, 4) is 11.3 Å². The Labute approximate surface area is 120 Å². The van der Waals surface area contributed by atoms with E-state index in [1.807, 2.05) is 6.07 Å². The van der Waals surface area contributed by atoms with Crippen molar-refractivity contribution in [2.24, 2.45) is 13.0 Å². The smallest absolute Gasteiger partial charge is 0.138 e. The molecule has 1 aromatic heterocycles. The third-order valence-electron chi connectivity index (χ3n) is 3.00. The minimum absolute atomic E-state index is 0.294. The molecule has 2 rings (SSSR count). The summed E-state index contributed by atoms with van der Waals surface area (Å²) < 4.78 is 15.7. The van der Waals surface area contributed by atoms with E-state index >= 15 is 0 Å². The van der Waals surface area contributed by atoms with E-state index < -0.39 is 0 Å². The quantitative estimate of drug-likeness (QED) is 0.933. The Balaban J connectivity index is 2.54. The van der Waals surface area contributed by atoms with Gasteiger partial charge < -0.3 is 5.73 Å². The molecule has 0 unspecified atom stereocenters. The summed E-state index contributed by atoms with van der Waals surface area (Å²) >= 11 is 3.16. The lowest BCUT2D eigenvalue weighted by molar-refractivity contribution is 0.621. The van der Waals surface area contributed by atoms with E-state index in [1.54, 1.807) is 17.8 Å². The van der Waals surface area contributed by atoms with Crippen LogP contribution in [0.5, 0.6) is 0 Å². The second-order valence-corrected chi connectivity index (χ2v) is 5.92. The number of hydrogen-bond donors (Lipinski definition) is 1. The van der Waals surface area contributed by atoms with Crippen LogP contribution in [0.15, 0.2) is 22.7 Å². The fourth-order valence-corrected chi connectivity index (χ4v) is 2.31. The molecule has 0 amide bonds. The molecule has 0 bridgehead atoms.